The average molecular weight is 303 g/mol. The quantitative estimate of drug-likeness (QED) is 0.651. The topological polar surface area (TPSA) is 88.2 Å². The van der Waals surface area contributed by atoms with Gasteiger partial charge in [-0.1, -0.05) is 0 Å². The van der Waals surface area contributed by atoms with Gasteiger partial charge in [0.05, 0.1) is 17.6 Å². The first-order valence-electron chi connectivity index (χ1n) is 6.28. The lowest BCUT2D eigenvalue weighted by atomic mass is 10.2. The van der Waals surface area contributed by atoms with Gasteiger partial charge in [-0.25, -0.2) is 0 Å². The van der Waals surface area contributed by atoms with Crippen molar-refractivity contribution in [2.75, 3.05) is 11.9 Å². The van der Waals surface area contributed by atoms with Crippen LogP contribution in [0, 0.1) is 21.4 Å². The Morgan fingerprint density at radius 1 is 1.43 bits per heavy atom. The first-order valence-corrected chi connectivity index (χ1v) is 7.09. The second kappa shape index (κ2) is 6.72. The number of nitriles is 1. The molecule has 1 aromatic heterocycles. The number of ether oxygens (including phenoxy) is 1. The molecule has 0 amide bonds. The van der Waals surface area contributed by atoms with Crippen LogP contribution < -0.4 is 10.1 Å². The smallest absolute Gasteiger partial charge is 0.296 e. The third-order valence-electron chi connectivity index (χ3n) is 2.70. The van der Waals surface area contributed by atoms with Crippen LogP contribution in [-0.4, -0.2) is 11.5 Å². The van der Waals surface area contributed by atoms with Crippen molar-refractivity contribution in [3.05, 3.63) is 50.2 Å². The standard InChI is InChI=1S/C14H13N3O3S/c1-2-20-10-3-6-13(14(7-10)17(18)19)16-9-12-5-4-11(8-15)21-12/h3-7,16H,2,9H2,1H3. The monoisotopic (exact) mass is 303 g/mol. The normalized spacial score (nSPS) is 9.90. The summed E-state index contributed by atoms with van der Waals surface area (Å²) in [6.45, 7) is 2.71. The van der Waals surface area contributed by atoms with Crippen molar-refractivity contribution in [1.29, 1.82) is 5.26 Å². The maximum Gasteiger partial charge on any atom is 0.296 e. The van der Waals surface area contributed by atoms with Crippen LogP contribution in [0.15, 0.2) is 30.3 Å². The van der Waals surface area contributed by atoms with Gasteiger partial charge >= 0.3 is 0 Å². The maximum atomic E-state index is 11.1. The van der Waals surface area contributed by atoms with Gasteiger partial charge in [-0.05, 0) is 31.2 Å². The van der Waals surface area contributed by atoms with Gasteiger partial charge in [-0.15, -0.1) is 11.3 Å². The Labute approximate surface area is 125 Å². The van der Waals surface area contributed by atoms with E-state index in [1.54, 1.807) is 18.2 Å². The Hall–Kier alpha value is -2.59. The summed E-state index contributed by atoms with van der Waals surface area (Å²) in [4.78, 5) is 12.2. The minimum atomic E-state index is -0.444. The van der Waals surface area contributed by atoms with E-state index in [1.807, 2.05) is 13.0 Å². The van der Waals surface area contributed by atoms with Crippen molar-refractivity contribution in [3.63, 3.8) is 0 Å². The van der Waals surface area contributed by atoms with Crippen molar-refractivity contribution in [2.24, 2.45) is 0 Å². The lowest BCUT2D eigenvalue weighted by Gasteiger charge is -2.08. The van der Waals surface area contributed by atoms with Gasteiger partial charge in [0, 0.05) is 11.4 Å². The van der Waals surface area contributed by atoms with Crippen LogP contribution in [0.2, 0.25) is 0 Å². The van der Waals surface area contributed by atoms with Crippen molar-refractivity contribution in [1.82, 2.24) is 0 Å². The molecule has 108 valence electrons. The van der Waals surface area contributed by atoms with Gasteiger partial charge in [0.2, 0.25) is 0 Å². The second-order valence-corrected chi connectivity index (χ2v) is 5.27. The fraction of sp³-hybridized carbons (Fsp3) is 0.214. The van der Waals surface area contributed by atoms with Crippen LogP contribution in [0.4, 0.5) is 11.4 Å². The third kappa shape index (κ3) is 3.70. The third-order valence-corrected chi connectivity index (χ3v) is 3.69. The number of rotatable bonds is 6. The Morgan fingerprint density at radius 3 is 2.86 bits per heavy atom. The zero-order chi connectivity index (χ0) is 15.2. The summed E-state index contributed by atoms with van der Waals surface area (Å²) in [6, 6.07) is 10.3. The number of hydrogen-bond donors (Lipinski definition) is 1. The van der Waals surface area contributed by atoms with Crippen molar-refractivity contribution in [2.45, 2.75) is 13.5 Å². The number of anilines is 1. The molecule has 21 heavy (non-hydrogen) atoms. The van der Waals surface area contributed by atoms with E-state index in [9.17, 15) is 10.1 Å². The molecular weight excluding hydrogens is 290 g/mol. The first kappa shape index (κ1) is 14.8. The molecule has 0 saturated carbocycles. The van der Waals surface area contributed by atoms with Crippen molar-refractivity contribution >= 4 is 22.7 Å². The predicted octanol–water partition coefficient (Wildman–Crippen LogP) is 3.54. The van der Waals surface area contributed by atoms with Crippen LogP contribution in [0.25, 0.3) is 0 Å². The summed E-state index contributed by atoms with van der Waals surface area (Å²) in [6.07, 6.45) is 0. The molecule has 0 spiro atoms. The maximum absolute atomic E-state index is 11.1. The molecule has 0 unspecified atom stereocenters. The molecule has 0 aliphatic rings. The Kier molecular flexibility index (Phi) is 4.74. The molecule has 0 aliphatic carbocycles. The second-order valence-electron chi connectivity index (χ2n) is 4.10. The Bertz CT molecular complexity index is 691. The molecule has 0 aliphatic heterocycles. The molecule has 2 rings (SSSR count). The van der Waals surface area contributed by atoms with Gasteiger partial charge in [0.15, 0.2) is 0 Å². The minimum Gasteiger partial charge on any atom is -0.494 e. The largest absolute Gasteiger partial charge is 0.494 e. The summed E-state index contributed by atoms with van der Waals surface area (Å²) < 4.78 is 5.27. The number of nitrogens with one attached hydrogen (secondary N) is 1. The zero-order valence-electron chi connectivity index (χ0n) is 11.3. The van der Waals surface area contributed by atoms with Gasteiger partial charge in [0.1, 0.15) is 22.4 Å². The summed E-state index contributed by atoms with van der Waals surface area (Å²) >= 11 is 1.36. The van der Waals surface area contributed by atoms with Crippen LogP contribution >= 0.6 is 11.3 Å². The SMILES string of the molecule is CCOc1ccc(NCc2ccc(C#N)s2)c([N+](=O)[O-])c1. The lowest BCUT2D eigenvalue weighted by Crippen LogP contribution is -2.02. The molecule has 2 aromatic rings. The van der Waals surface area contributed by atoms with Crippen LogP contribution in [0.1, 0.15) is 16.7 Å². The summed E-state index contributed by atoms with van der Waals surface area (Å²) in [5, 5.41) is 22.9. The summed E-state index contributed by atoms with van der Waals surface area (Å²) in [5.41, 5.74) is 0.397. The Morgan fingerprint density at radius 2 is 2.24 bits per heavy atom. The molecular formula is C14H13N3O3S. The van der Waals surface area contributed by atoms with E-state index in [-0.39, 0.29) is 5.69 Å². The number of hydrogen-bond acceptors (Lipinski definition) is 6. The van der Waals surface area contributed by atoms with Crippen LogP contribution in [-0.2, 0) is 6.54 Å². The molecule has 0 bridgehead atoms. The van der Waals surface area contributed by atoms with Crippen molar-refractivity contribution in [3.8, 4) is 11.8 Å². The van der Waals surface area contributed by atoms with Gasteiger partial charge < -0.3 is 10.1 Å². The highest BCUT2D eigenvalue weighted by molar-refractivity contribution is 7.12. The Balaban J connectivity index is 2.15. The zero-order valence-corrected chi connectivity index (χ0v) is 12.1. The van der Waals surface area contributed by atoms with Crippen LogP contribution in [0.5, 0.6) is 5.75 Å². The van der Waals surface area contributed by atoms with E-state index in [2.05, 4.69) is 11.4 Å². The van der Waals surface area contributed by atoms with E-state index in [1.165, 1.54) is 17.4 Å². The molecule has 0 fully saturated rings. The fourth-order valence-corrected chi connectivity index (χ4v) is 2.53. The van der Waals surface area contributed by atoms with E-state index in [0.29, 0.717) is 29.5 Å². The number of nitrogens with zero attached hydrogens (tertiary/aromatic N) is 2. The lowest BCUT2D eigenvalue weighted by molar-refractivity contribution is -0.384. The van der Waals surface area contributed by atoms with Crippen molar-refractivity contribution < 1.29 is 9.66 Å². The van der Waals surface area contributed by atoms with E-state index in [0.717, 1.165) is 4.88 Å². The minimum absolute atomic E-state index is 0.0296. The van der Waals surface area contributed by atoms with E-state index in [4.69, 9.17) is 10.00 Å². The highest BCUT2D eigenvalue weighted by Crippen LogP contribution is 2.30. The number of nitro groups is 1. The highest BCUT2D eigenvalue weighted by atomic mass is 32.1. The van der Waals surface area contributed by atoms with E-state index >= 15 is 0 Å². The molecule has 7 heteroatoms. The molecule has 1 heterocycles. The molecule has 1 N–H and O–H groups in total. The highest BCUT2D eigenvalue weighted by Gasteiger charge is 2.15. The predicted molar refractivity (Wildman–Crippen MR) is 80.6 cm³/mol. The fourth-order valence-electron chi connectivity index (χ4n) is 1.78. The summed E-state index contributed by atoms with van der Waals surface area (Å²) in [7, 11) is 0. The molecule has 0 saturated heterocycles. The number of nitro benzene ring substituents is 1. The molecule has 1 aromatic carbocycles. The van der Waals surface area contributed by atoms with Crippen LogP contribution in [0.3, 0.4) is 0 Å². The number of benzene rings is 1. The first-order chi connectivity index (χ1) is 10.1. The molecule has 6 nitrogen and oxygen atoms in total. The van der Waals surface area contributed by atoms with Gasteiger partial charge in [0.25, 0.3) is 5.69 Å². The van der Waals surface area contributed by atoms with E-state index < -0.39 is 4.92 Å². The van der Waals surface area contributed by atoms with Gasteiger partial charge in [-0.2, -0.15) is 5.26 Å². The van der Waals surface area contributed by atoms with Gasteiger partial charge in [-0.3, -0.25) is 10.1 Å². The molecule has 0 atom stereocenters. The number of thiophene rings is 1. The molecule has 0 radical (unpaired) electrons. The summed E-state index contributed by atoms with van der Waals surface area (Å²) in [5.74, 6) is 0.470. The average Bonchev–Trinajstić information content (AvgIpc) is 2.94.